The van der Waals surface area contributed by atoms with Crippen LogP contribution in [0.5, 0.6) is 0 Å². The lowest BCUT2D eigenvalue weighted by Gasteiger charge is -2.05. The van der Waals surface area contributed by atoms with Crippen LogP contribution in [0.1, 0.15) is 71.1 Å². The third-order valence-corrected chi connectivity index (χ3v) is 3.44. The van der Waals surface area contributed by atoms with E-state index in [9.17, 15) is 4.79 Å². The minimum Gasteiger partial charge on any atom is -0.449 e. The lowest BCUT2D eigenvalue weighted by Crippen LogP contribution is -2.20. The van der Waals surface area contributed by atoms with Crippen molar-refractivity contribution in [3.05, 3.63) is 0 Å². The zero-order valence-corrected chi connectivity index (χ0v) is 13.3. The number of rotatable bonds is 13. The van der Waals surface area contributed by atoms with Gasteiger partial charge in [0.05, 0.1) is 6.61 Å². The maximum Gasteiger partial charge on any atom is 0.418 e. The van der Waals surface area contributed by atoms with Crippen LogP contribution in [-0.2, 0) is 4.74 Å². The Morgan fingerprint density at radius 1 is 0.947 bits per heavy atom. The molecule has 0 aliphatic heterocycles. The number of carbonyl (C=O) groups is 1. The zero-order valence-electron chi connectivity index (χ0n) is 12.5. The fourth-order valence-electron chi connectivity index (χ4n) is 1.88. The Labute approximate surface area is 122 Å². The van der Waals surface area contributed by atoms with Crippen LogP contribution in [0.15, 0.2) is 0 Å². The van der Waals surface area contributed by atoms with Crippen LogP contribution >= 0.6 is 12.1 Å². The molecule has 19 heavy (non-hydrogen) atoms. The van der Waals surface area contributed by atoms with Gasteiger partial charge < -0.3 is 4.74 Å². The van der Waals surface area contributed by atoms with E-state index in [1.54, 1.807) is 7.05 Å². The van der Waals surface area contributed by atoms with E-state index in [0.29, 0.717) is 6.61 Å². The molecule has 0 saturated heterocycles. The number of nitrogens with one attached hydrogen (secondary N) is 2. The lowest BCUT2D eigenvalue weighted by atomic mass is 10.1. The summed E-state index contributed by atoms with van der Waals surface area (Å²) in [6.07, 6.45) is 12.5. The molecule has 0 aliphatic rings. The van der Waals surface area contributed by atoms with Crippen LogP contribution in [0, 0.1) is 0 Å². The Morgan fingerprint density at radius 3 is 2.00 bits per heavy atom. The summed E-state index contributed by atoms with van der Waals surface area (Å²) < 4.78 is 10.3. The average Bonchev–Trinajstić information content (AvgIpc) is 2.42. The van der Waals surface area contributed by atoms with Crippen molar-refractivity contribution in [1.82, 2.24) is 9.44 Å². The van der Waals surface area contributed by atoms with Gasteiger partial charge in [-0.15, -0.1) is 0 Å². The van der Waals surface area contributed by atoms with Crippen molar-refractivity contribution in [2.45, 2.75) is 71.1 Å². The minimum atomic E-state index is -0.365. The summed E-state index contributed by atoms with van der Waals surface area (Å²) in [6.45, 7) is 2.77. The first-order chi connectivity index (χ1) is 9.31. The first-order valence-electron chi connectivity index (χ1n) is 7.56. The van der Waals surface area contributed by atoms with Gasteiger partial charge in [-0.25, -0.2) is 9.52 Å². The van der Waals surface area contributed by atoms with Crippen molar-refractivity contribution in [1.29, 1.82) is 0 Å². The van der Waals surface area contributed by atoms with E-state index in [1.807, 2.05) is 0 Å². The summed E-state index contributed by atoms with van der Waals surface area (Å²) in [7, 11) is 1.74. The fourth-order valence-corrected chi connectivity index (χ4v) is 2.12. The van der Waals surface area contributed by atoms with Gasteiger partial charge in [-0.1, -0.05) is 64.7 Å². The summed E-state index contributed by atoms with van der Waals surface area (Å²) in [5, 5.41) is 0. The van der Waals surface area contributed by atoms with Crippen molar-refractivity contribution in [2.75, 3.05) is 13.7 Å². The maximum absolute atomic E-state index is 11.1. The number of amides is 1. The van der Waals surface area contributed by atoms with Gasteiger partial charge in [-0.05, 0) is 13.5 Å². The molecule has 0 unspecified atom stereocenters. The third kappa shape index (κ3) is 15.5. The van der Waals surface area contributed by atoms with Gasteiger partial charge in [0.25, 0.3) is 0 Å². The molecule has 0 heterocycles. The summed E-state index contributed by atoms with van der Waals surface area (Å²) >= 11 is 1.12. The standard InChI is InChI=1S/C14H30N2O2S/c1-3-4-5-6-7-8-9-10-11-12-13-18-14(17)16-19-15-2/h15H,3-13H2,1-2H3,(H,16,17). The second kappa shape index (κ2) is 15.6. The minimum absolute atomic E-state index is 0.365. The number of carbonyl (C=O) groups excluding carboxylic acids is 1. The first-order valence-corrected chi connectivity index (χ1v) is 8.38. The normalized spacial score (nSPS) is 10.4. The average molecular weight is 290 g/mol. The topological polar surface area (TPSA) is 50.4 Å². The van der Waals surface area contributed by atoms with Crippen molar-refractivity contribution in [3.8, 4) is 0 Å². The molecule has 0 atom stereocenters. The van der Waals surface area contributed by atoms with Gasteiger partial charge in [0.1, 0.15) is 0 Å². The zero-order chi connectivity index (χ0) is 14.2. The van der Waals surface area contributed by atoms with Gasteiger partial charge in [0.2, 0.25) is 0 Å². The van der Waals surface area contributed by atoms with Crippen molar-refractivity contribution in [2.24, 2.45) is 0 Å². The molecule has 0 fully saturated rings. The molecular formula is C14H30N2O2S. The highest BCUT2D eigenvalue weighted by Crippen LogP contribution is 2.10. The fraction of sp³-hybridized carbons (Fsp3) is 0.929. The predicted molar refractivity (Wildman–Crippen MR) is 83.0 cm³/mol. The Morgan fingerprint density at radius 2 is 1.47 bits per heavy atom. The third-order valence-electron chi connectivity index (χ3n) is 2.97. The number of hydrogen-bond donors (Lipinski definition) is 2. The molecule has 0 saturated carbocycles. The molecule has 0 radical (unpaired) electrons. The molecule has 4 nitrogen and oxygen atoms in total. The number of hydrogen-bond acceptors (Lipinski definition) is 4. The number of unbranched alkanes of at least 4 members (excludes halogenated alkanes) is 9. The first kappa shape index (κ1) is 18.6. The van der Waals surface area contributed by atoms with E-state index in [1.165, 1.54) is 51.4 Å². The molecule has 0 spiro atoms. The van der Waals surface area contributed by atoms with E-state index in [-0.39, 0.29) is 6.09 Å². The Bertz CT molecular complexity index is 204. The van der Waals surface area contributed by atoms with Crippen LogP contribution in [0.4, 0.5) is 4.79 Å². The SMILES string of the molecule is CCCCCCCCCCCCOC(=O)NSNC. The second-order valence-electron chi connectivity index (χ2n) is 4.73. The smallest absolute Gasteiger partial charge is 0.418 e. The van der Waals surface area contributed by atoms with Gasteiger partial charge in [-0.3, -0.25) is 4.72 Å². The molecule has 0 bridgehead atoms. The molecule has 0 aromatic carbocycles. The van der Waals surface area contributed by atoms with Crippen LogP contribution < -0.4 is 9.44 Å². The predicted octanol–water partition coefficient (Wildman–Crippen LogP) is 4.42. The van der Waals surface area contributed by atoms with Gasteiger partial charge in [-0.2, -0.15) is 0 Å². The molecule has 1 amide bonds. The van der Waals surface area contributed by atoms with E-state index in [2.05, 4.69) is 16.4 Å². The Kier molecular flexibility index (Phi) is 15.3. The second-order valence-corrected chi connectivity index (χ2v) is 5.54. The summed E-state index contributed by atoms with van der Waals surface area (Å²) in [6, 6.07) is 0. The quantitative estimate of drug-likeness (QED) is 0.389. The molecule has 0 aromatic rings. The number of ether oxygens (including phenoxy) is 1. The summed E-state index contributed by atoms with van der Waals surface area (Å²) in [5.74, 6) is 0. The van der Waals surface area contributed by atoms with Crippen LogP contribution in [0.25, 0.3) is 0 Å². The molecule has 114 valence electrons. The molecule has 5 heteroatoms. The van der Waals surface area contributed by atoms with E-state index < -0.39 is 0 Å². The maximum atomic E-state index is 11.1. The summed E-state index contributed by atoms with van der Waals surface area (Å²) in [4.78, 5) is 11.1. The van der Waals surface area contributed by atoms with Crippen molar-refractivity contribution >= 4 is 18.2 Å². The highest BCUT2D eigenvalue weighted by atomic mass is 32.2. The van der Waals surface area contributed by atoms with Crippen molar-refractivity contribution < 1.29 is 9.53 Å². The summed E-state index contributed by atoms with van der Waals surface area (Å²) in [5.41, 5.74) is 0. The highest BCUT2D eigenvalue weighted by molar-refractivity contribution is 7.95. The van der Waals surface area contributed by atoms with Crippen molar-refractivity contribution in [3.63, 3.8) is 0 Å². The van der Waals surface area contributed by atoms with E-state index in [4.69, 9.17) is 4.74 Å². The monoisotopic (exact) mass is 290 g/mol. The van der Waals surface area contributed by atoms with Crippen LogP contribution in [0.2, 0.25) is 0 Å². The van der Waals surface area contributed by atoms with Gasteiger partial charge in [0.15, 0.2) is 0 Å². The van der Waals surface area contributed by atoms with Crippen LogP contribution in [-0.4, -0.2) is 19.7 Å². The van der Waals surface area contributed by atoms with Gasteiger partial charge in [0, 0.05) is 12.1 Å². The Balaban J connectivity index is 3.04. The van der Waals surface area contributed by atoms with Gasteiger partial charge >= 0.3 is 6.09 Å². The largest absolute Gasteiger partial charge is 0.449 e. The molecule has 0 aromatic heterocycles. The van der Waals surface area contributed by atoms with Crippen LogP contribution in [0.3, 0.4) is 0 Å². The molecule has 0 aliphatic carbocycles. The van der Waals surface area contributed by atoms with E-state index in [0.717, 1.165) is 25.0 Å². The molecule has 2 N–H and O–H groups in total. The Hall–Kier alpha value is -0.420. The molecule has 0 rings (SSSR count). The lowest BCUT2D eigenvalue weighted by molar-refractivity contribution is 0.151. The highest BCUT2D eigenvalue weighted by Gasteiger charge is 1.99. The van der Waals surface area contributed by atoms with E-state index >= 15 is 0 Å². The molecular weight excluding hydrogens is 260 g/mol.